The van der Waals surface area contributed by atoms with Crippen LogP contribution >= 0.6 is 11.8 Å². The first-order chi connectivity index (χ1) is 9.37. The molecular formula is C12H15F2NO3S2. The van der Waals surface area contributed by atoms with Crippen LogP contribution in [-0.2, 0) is 16.6 Å². The van der Waals surface area contributed by atoms with Gasteiger partial charge in [-0.25, -0.2) is 17.2 Å². The highest BCUT2D eigenvalue weighted by molar-refractivity contribution is 7.99. The molecule has 1 unspecified atom stereocenters. The van der Waals surface area contributed by atoms with Gasteiger partial charge in [-0.05, 0) is 29.9 Å². The molecule has 1 atom stereocenters. The number of sulfonamides is 1. The van der Waals surface area contributed by atoms with Crippen LogP contribution in [0.4, 0.5) is 8.78 Å². The normalized spacial score (nSPS) is 19.8. The fraction of sp³-hybridized carbons (Fsp3) is 0.500. The summed E-state index contributed by atoms with van der Waals surface area (Å²) in [7, 11) is -2.74. The first-order valence-electron chi connectivity index (χ1n) is 6.02. The van der Waals surface area contributed by atoms with E-state index in [-0.39, 0.29) is 11.6 Å². The number of benzene rings is 1. The van der Waals surface area contributed by atoms with Crippen LogP contribution in [0.15, 0.2) is 17.0 Å². The summed E-state index contributed by atoms with van der Waals surface area (Å²) < 4.78 is 53.1. The molecule has 1 saturated heterocycles. The number of aliphatic hydroxyl groups is 1. The maximum atomic E-state index is 13.8. The van der Waals surface area contributed by atoms with E-state index in [0.29, 0.717) is 12.2 Å². The van der Waals surface area contributed by atoms with E-state index in [4.69, 9.17) is 5.11 Å². The molecule has 1 aliphatic heterocycles. The predicted octanol–water partition coefficient (Wildman–Crippen LogP) is 1.58. The lowest BCUT2D eigenvalue weighted by molar-refractivity contribution is 0.280. The second-order valence-corrected chi connectivity index (χ2v) is 7.70. The van der Waals surface area contributed by atoms with Crippen molar-refractivity contribution in [1.29, 1.82) is 0 Å². The molecule has 1 aromatic rings. The molecule has 1 fully saturated rings. The smallest absolute Gasteiger partial charge is 0.246 e. The summed E-state index contributed by atoms with van der Waals surface area (Å²) in [6.45, 7) is -0.553. The molecule has 0 aromatic heterocycles. The molecule has 1 heterocycles. The summed E-state index contributed by atoms with van der Waals surface area (Å²) in [5, 5.41) is 8.99. The van der Waals surface area contributed by atoms with Gasteiger partial charge in [0.2, 0.25) is 10.0 Å². The number of hydrogen-bond donors (Lipinski definition) is 1. The van der Waals surface area contributed by atoms with Gasteiger partial charge in [0.05, 0.1) is 6.61 Å². The van der Waals surface area contributed by atoms with Crippen LogP contribution in [0.1, 0.15) is 12.0 Å². The van der Waals surface area contributed by atoms with Crippen molar-refractivity contribution >= 4 is 21.8 Å². The molecule has 0 aliphatic carbocycles. The van der Waals surface area contributed by atoms with Crippen molar-refractivity contribution in [1.82, 2.24) is 4.31 Å². The van der Waals surface area contributed by atoms with Gasteiger partial charge in [0, 0.05) is 18.8 Å². The van der Waals surface area contributed by atoms with Crippen molar-refractivity contribution in [2.75, 3.05) is 18.6 Å². The summed E-state index contributed by atoms with van der Waals surface area (Å²) in [4.78, 5) is -0.721. The quantitative estimate of drug-likeness (QED) is 0.914. The topological polar surface area (TPSA) is 57.6 Å². The molecule has 0 bridgehead atoms. The highest BCUT2D eigenvalue weighted by Crippen LogP contribution is 2.28. The summed E-state index contributed by atoms with van der Waals surface area (Å²) in [6.07, 6.45) is 0.685. The van der Waals surface area contributed by atoms with Gasteiger partial charge >= 0.3 is 0 Å². The van der Waals surface area contributed by atoms with Crippen molar-refractivity contribution in [2.24, 2.45) is 0 Å². The Hall–Kier alpha value is -0.700. The Balaban J connectivity index is 2.45. The third-order valence-electron chi connectivity index (χ3n) is 3.31. The van der Waals surface area contributed by atoms with Crippen LogP contribution in [0.2, 0.25) is 0 Å². The molecular weight excluding hydrogens is 308 g/mol. The van der Waals surface area contributed by atoms with Gasteiger partial charge in [0.15, 0.2) is 11.6 Å². The molecule has 20 heavy (non-hydrogen) atoms. The van der Waals surface area contributed by atoms with Gasteiger partial charge < -0.3 is 5.11 Å². The van der Waals surface area contributed by atoms with Crippen LogP contribution in [0.3, 0.4) is 0 Å². The molecule has 8 heteroatoms. The third-order valence-corrected chi connectivity index (χ3v) is 6.37. The molecule has 4 nitrogen and oxygen atoms in total. The minimum atomic E-state index is -4.11. The summed E-state index contributed by atoms with van der Waals surface area (Å²) in [5.74, 6) is -1.19. The molecule has 2 rings (SSSR count). The van der Waals surface area contributed by atoms with E-state index in [2.05, 4.69) is 0 Å². The van der Waals surface area contributed by atoms with E-state index in [1.165, 1.54) is 7.05 Å². The minimum Gasteiger partial charge on any atom is -0.392 e. The van der Waals surface area contributed by atoms with Gasteiger partial charge in [0.1, 0.15) is 4.90 Å². The lowest BCUT2D eigenvalue weighted by Crippen LogP contribution is -2.37. The molecule has 1 aromatic carbocycles. The Morgan fingerprint density at radius 2 is 2.15 bits per heavy atom. The molecule has 0 spiro atoms. The first-order valence-corrected chi connectivity index (χ1v) is 8.62. The third kappa shape index (κ3) is 2.83. The van der Waals surface area contributed by atoms with E-state index in [0.717, 1.165) is 22.2 Å². The van der Waals surface area contributed by atoms with Crippen molar-refractivity contribution < 1.29 is 22.3 Å². The lowest BCUT2D eigenvalue weighted by Gasteiger charge is -2.23. The van der Waals surface area contributed by atoms with Crippen molar-refractivity contribution in [3.8, 4) is 0 Å². The van der Waals surface area contributed by atoms with Gasteiger partial charge in [0.25, 0.3) is 0 Å². The van der Waals surface area contributed by atoms with Crippen molar-refractivity contribution in [2.45, 2.75) is 24.0 Å². The second kappa shape index (κ2) is 5.97. The Morgan fingerprint density at radius 1 is 1.45 bits per heavy atom. The first kappa shape index (κ1) is 15.7. The largest absolute Gasteiger partial charge is 0.392 e. The van der Waals surface area contributed by atoms with Gasteiger partial charge in [-0.3, -0.25) is 0 Å². The molecule has 112 valence electrons. The summed E-state index contributed by atoms with van der Waals surface area (Å²) >= 11 is 1.62. The zero-order valence-electron chi connectivity index (χ0n) is 10.8. The zero-order valence-corrected chi connectivity index (χ0v) is 12.5. The van der Waals surface area contributed by atoms with Gasteiger partial charge in [-0.2, -0.15) is 16.1 Å². The van der Waals surface area contributed by atoms with Crippen LogP contribution < -0.4 is 0 Å². The van der Waals surface area contributed by atoms with E-state index in [1.807, 2.05) is 0 Å². The van der Waals surface area contributed by atoms with Gasteiger partial charge in [-0.15, -0.1) is 0 Å². The van der Waals surface area contributed by atoms with Crippen LogP contribution in [0.25, 0.3) is 0 Å². The maximum Gasteiger partial charge on any atom is 0.246 e. The zero-order chi connectivity index (χ0) is 14.9. The number of halogens is 2. The highest BCUT2D eigenvalue weighted by atomic mass is 32.2. The average molecular weight is 323 g/mol. The number of rotatable bonds is 4. The molecule has 0 saturated carbocycles. The minimum absolute atomic E-state index is 0.0247. The Morgan fingerprint density at radius 3 is 2.70 bits per heavy atom. The fourth-order valence-corrected chi connectivity index (χ4v) is 4.93. The standard InChI is InChI=1S/C12H15F2NO3S2/c1-15(9-2-3-19-7-9)20(17,18)11-5-8(6-16)4-10(13)12(11)14/h4-5,9,16H,2-3,6-7H2,1H3. The maximum absolute atomic E-state index is 13.8. The molecule has 1 N–H and O–H groups in total. The number of thioether (sulfide) groups is 1. The Labute approximate surface area is 120 Å². The van der Waals surface area contributed by atoms with E-state index in [9.17, 15) is 17.2 Å². The molecule has 0 radical (unpaired) electrons. The number of nitrogens with zero attached hydrogens (tertiary/aromatic N) is 1. The Kier molecular flexibility index (Phi) is 4.68. The van der Waals surface area contributed by atoms with Crippen LogP contribution in [0, 0.1) is 11.6 Å². The molecule has 1 aliphatic rings. The van der Waals surface area contributed by atoms with E-state index >= 15 is 0 Å². The Bertz CT molecular complexity index is 601. The van der Waals surface area contributed by atoms with Crippen LogP contribution in [0.5, 0.6) is 0 Å². The van der Waals surface area contributed by atoms with Crippen molar-refractivity contribution in [3.05, 3.63) is 29.3 Å². The van der Waals surface area contributed by atoms with Crippen LogP contribution in [-0.4, -0.2) is 42.4 Å². The summed E-state index contributed by atoms with van der Waals surface area (Å²) in [5.41, 5.74) is 0.0247. The predicted molar refractivity (Wildman–Crippen MR) is 73.0 cm³/mol. The summed E-state index contributed by atoms with van der Waals surface area (Å²) in [6, 6.07) is 1.55. The van der Waals surface area contributed by atoms with E-state index < -0.39 is 33.2 Å². The van der Waals surface area contributed by atoms with Gasteiger partial charge in [-0.1, -0.05) is 0 Å². The average Bonchev–Trinajstić information content (AvgIpc) is 2.94. The second-order valence-electron chi connectivity index (χ2n) is 4.59. The SMILES string of the molecule is CN(C1CCSC1)S(=O)(=O)c1cc(CO)cc(F)c1F. The monoisotopic (exact) mass is 323 g/mol. The number of hydrogen-bond acceptors (Lipinski definition) is 4. The lowest BCUT2D eigenvalue weighted by atomic mass is 10.2. The van der Waals surface area contributed by atoms with Crippen molar-refractivity contribution in [3.63, 3.8) is 0 Å². The highest BCUT2D eigenvalue weighted by Gasteiger charge is 2.33. The van der Waals surface area contributed by atoms with E-state index in [1.54, 1.807) is 11.8 Å². The number of aliphatic hydroxyl groups excluding tert-OH is 1. The fourth-order valence-electron chi connectivity index (χ4n) is 2.06. The molecule has 0 amide bonds.